The van der Waals surface area contributed by atoms with Crippen LogP contribution in [0.4, 0.5) is 0 Å². The predicted octanol–water partition coefficient (Wildman–Crippen LogP) is 3.38. The Labute approximate surface area is 108 Å². The van der Waals surface area contributed by atoms with Crippen LogP contribution >= 0.6 is 11.6 Å². The summed E-state index contributed by atoms with van der Waals surface area (Å²) in [6.45, 7) is 6.19. The van der Waals surface area contributed by atoms with Crippen LogP contribution in [0.3, 0.4) is 0 Å². The van der Waals surface area contributed by atoms with Gasteiger partial charge in [-0.1, -0.05) is 31.5 Å². The molecule has 1 atom stereocenters. The Kier molecular flexibility index (Phi) is 5.49. The number of alkyl halides is 1. The molecule has 0 saturated carbocycles. The number of carbonyl (C=O) groups is 1. The Morgan fingerprint density at radius 3 is 2.35 bits per heavy atom. The molecule has 0 aromatic heterocycles. The van der Waals surface area contributed by atoms with Gasteiger partial charge in [0, 0.05) is 17.5 Å². The standard InChI is InChI=1S/C14H20ClNO/c1-10(2)13(8-9-15)16-14(17)12-6-4-11(3)5-7-12/h4-7,10,13H,8-9H2,1-3H3,(H,16,17). The number of halogens is 1. The molecule has 1 aromatic carbocycles. The van der Waals surface area contributed by atoms with Gasteiger partial charge in [-0.05, 0) is 31.4 Å². The van der Waals surface area contributed by atoms with Crippen molar-refractivity contribution in [2.75, 3.05) is 5.88 Å². The zero-order chi connectivity index (χ0) is 12.8. The molecule has 1 N–H and O–H groups in total. The largest absolute Gasteiger partial charge is 0.349 e. The van der Waals surface area contributed by atoms with Crippen LogP contribution in [-0.4, -0.2) is 17.8 Å². The first-order valence-electron chi connectivity index (χ1n) is 5.98. The third kappa shape index (κ3) is 4.39. The maximum atomic E-state index is 12.0. The van der Waals surface area contributed by atoms with E-state index in [2.05, 4.69) is 19.2 Å². The van der Waals surface area contributed by atoms with Crippen molar-refractivity contribution in [3.8, 4) is 0 Å². The van der Waals surface area contributed by atoms with Crippen LogP contribution in [0.25, 0.3) is 0 Å². The monoisotopic (exact) mass is 253 g/mol. The van der Waals surface area contributed by atoms with Gasteiger partial charge < -0.3 is 5.32 Å². The van der Waals surface area contributed by atoms with E-state index in [1.54, 1.807) is 0 Å². The van der Waals surface area contributed by atoms with E-state index >= 15 is 0 Å². The molecular weight excluding hydrogens is 234 g/mol. The number of aryl methyl sites for hydroxylation is 1. The molecule has 1 amide bonds. The average molecular weight is 254 g/mol. The van der Waals surface area contributed by atoms with Crippen molar-refractivity contribution in [2.45, 2.75) is 33.2 Å². The van der Waals surface area contributed by atoms with E-state index in [0.29, 0.717) is 17.4 Å². The van der Waals surface area contributed by atoms with E-state index in [1.165, 1.54) is 0 Å². The van der Waals surface area contributed by atoms with Crippen LogP contribution in [0.2, 0.25) is 0 Å². The number of hydrogen-bond acceptors (Lipinski definition) is 1. The van der Waals surface area contributed by atoms with Gasteiger partial charge >= 0.3 is 0 Å². The van der Waals surface area contributed by atoms with Gasteiger partial charge in [0.2, 0.25) is 0 Å². The molecule has 0 bridgehead atoms. The summed E-state index contributed by atoms with van der Waals surface area (Å²) in [4.78, 5) is 12.0. The van der Waals surface area contributed by atoms with Crippen LogP contribution in [0.5, 0.6) is 0 Å². The molecule has 17 heavy (non-hydrogen) atoms. The predicted molar refractivity (Wildman–Crippen MR) is 72.6 cm³/mol. The fourth-order valence-corrected chi connectivity index (χ4v) is 1.88. The highest BCUT2D eigenvalue weighted by Gasteiger charge is 2.16. The first-order chi connectivity index (χ1) is 8.04. The summed E-state index contributed by atoms with van der Waals surface area (Å²) in [6, 6.07) is 7.73. The van der Waals surface area contributed by atoms with Gasteiger partial charge in [-0.2, -0.15) is 0 Å². The number of carbonyl (C=O) groups excluding carboxylic acids is 1. The molecule has 1 unspecified atom stereocenters. The third-order valence-electron chi connectivity index (χ3n) is 2.86. The van der Waals surface area contributed by atoms with Gasteiger partial charge in [0.15, 0.2) is 0 Å². The lowest BCUT2D eigenvalue weighted by Crippen LogP contribution is -2.38. The van der Waals surface area contributed by atoms with Gasteiger partial charge in [0.05, 0.1) is 0 Å². The van der Waals surface area contributed by atoms with Crippen LogP contribution in [-0.2, 0) is 0 Å². The van der Waals surface area contributed by atoms with E-state index in [1.807, 2.05) is 31.2 Å². The Balaban J connectivity index is 2.66. The van der Waals surface area contributed by atoms with Crippen LogP contribution in [0.15, 0.2) is 24.3 Å². The first kappa shape index (κ1) is 14.0. The molecule has 0 aliphatic heterocycles. The lowest BCUT2D eigenvalue weighted by Gasteiger charge is -2.21. The zero-order valence-electron chi connectivity index (χ0n) is 10.7. The molecular formula is C14H20ClNO. The van der Waals surface area contributed by atoms with Crippen molar-refractivity contribution in [3.63, 3.8) is 0 Å². The van der Waals surface area contributed by atoms with Crippen LogP contribution in [0.1, 0.15) is 36.2 Å². The topological polar surface area (TPSA) is 29.1 Å². The molecule has 0 spiro atoms. The van der Waals surface area contributed by atoms with Crippen LogP contribution < -0.4 is 5.32 Å². The summed E-state index contributed by atoms with van der Waals surface area (Å²) >= 11 is 5.74. The number of hydrogen-bond donors (Lipinski definition) is 1. The summed E-state index contributed by atoms with van der Waals surface area (Å²) < 4.78 is 0. The number of amides is 1. The molecule has 0 aliphatic rings. The van der Waals surface area contributed by atoms with Crippen molar-refractivity contribution in [3.05, 3.63) is 35.4 Å². The summed E-state index contributed by atoms with van der Waals surface area (Å²) in [6.07, 6.45) is 0.802. The fraction of sp³-hybridized carbons (Fsp3) is 0.500. The van der Waals surface area contributed by atoms with E-state index in [-0.39, 0.29) is 11.9 Å². The maximum Gasteiger partial charge on any atom is 0.251 e. The highest BCUT2D eigenvalue weighted by molar-refractivity contribution is 6.17. The highest BCUT2D eigenvalue weighted by atomic mass is 35.5. The Hall–Kier alpha value is -1.02. The summed E-state index contributed by atoms with van der Waals surface area (Å²) in [7, 11) is 0. The van der Waals surface area contributed by atoms with Crippen molar-refractivity contribution in [1.82, 2.24) is 5.32 Å². The van der Waals surface area contributed by atoms with E-state index in [9.17, 15) is 4.79 Å². The number of nitrogens with one attached hydrogen (secondary N) is 1. The number of benzene rings is 1. The minimum atomic E-state index is -0.0196. The molecule has 1 aromatic rings. The normalized spacial score (nSPS) is 12.5. The Bertz CT molecular complexity index is 359. The first-order valence-corrected chi connectivity index (χ1v) is 6.51. The lowest BCUT2D eigenvalue weighted by molar-refractivity contribution is 0.0925. The van der Waals surface area contributed by atoms with Gasteiger partial charge in [0.1, 0.15) is 0 Å². The molecule has 3 heteroatoms. The molecule has 0 saturated heterocycles. The second kappa shape index (κ2) is 6.65. The second-order valence-corrected chi connectivity index (χ2v) is 5.05. The third-order valence-corrected chi connectivity index (χ3v) is 3.07. The van der Waals surface area contributed by atoms with E-state index < -0.39 is 0 Å². The van der Waals surface area contributed by atoms with Gasteiger partial charge in [-0.15, -0.1) is 11.6 Å². The smallest absolute Gasteiger partial charge is 0.251 e. The van der Waals surface area contributed by atoms with Crippen LogP contribution in [0, 0.1) is 12.8 Å². The highest BCUT2D eigenvalue weighted by Crippen LogP contribution is 2.09. The minimum absolute atomic E-state index is 0.0196. The Morgan fingerprint density at radius 2 is 1.88 bits per heavy atom. The zero-order valence-corrected chi connectivity index (χ0v) is 11.4. The molecule has 0 aliphatic carbocycles. The minimum Gasteiger partial charge on any atom is -0.349 e. The Morgan fingerprint density at radius 1 is 1.29 bits per heavy atom. The summed E-state index contributed by atoms with van der Waals surface area (Å²) in [5.41, 5.74) is 1.86. The molecule has 0 radical (unpaired) electrons. The number of rotatable bonds is 5. The summed E-state index contributed by atoms with van der Waals surface area (Å²) in [5.74, 6) is 0.939. The molecule has 94 valence electrons. The van der Waals surface area contributed by atoms with Gasteiger partial charge in [-0.25, -0.2) is 0 Å². The van der Waals surface area contributed by atoms with Crippen molar-refractivity contribution in [2.24, 2.45) is 5.92 Å². The fourth-order valence-electron chi connectivity index (χ4n) is 1.65. The van der Waals surface area contributed by atoms with Crippen molar-refractivity contribution >= 4 is 17.5 Å². The van der Waals surface area contributed by atoms with E-state index in [0.717, 1.165) is 12.0 Å². The SMILES string of the molecule is Cc1ccc(C(=O)NC(CCCl)C(C)C)cc1. The maximum absolute atomic E-state index is 12.0. The van der Waals surface area contributed by atoms with Gasteiger partial charge in [0.25, 0.3) is 5.91 Å². The summed E-state index contributed by atoms with van der Waals surface area (Å²) in [5, 5.41) is 3.03. The van der Waals surface area contributed by atoms with Crippen molar-refractivity contribution in [1.29, 1.82) is 0 Å². The molecule has 2 nitrogen and oxygen atoms in total. The quantitative estimate of drug-likeness (QED) is 0.801. The molecule has 0 fully saturated rings. The average Bonchev–Trinajstić information content (AvgIpc) is 2.29. The second-order valence-electron chi connectivity index (χ2n) is 4.67. The van der Waals surface area contributed by atoms with Gasteiger partial charge in [-0.3, -0.25) is 4.79 Å². The molecule has 0 heterocycles. The van der Waals surface area contributed by atoms with Crippen molar-refractivity contribution < 1.29 is 4.79 Å². The molecule has 1 rings (SSSR count). The lowest BCUT2D eigenvalue weighted by atomic mass is 10.0. The van der Waals surface area contributed by atoms with E-state index in [4.69, 9.17) is 11.6 Å².